The van der Waals surface area contributed by atoms with E-state index in [-0.39, 0.29) is 29.8 Å². The van der Waals surface area contributed by atoms with Crippen LogP contribution < -0.4 is 10.6 Å². The van der Waals surface area contributed by atoms with Crippen molar-refractivity contribution in [2.75, 3.05) is 45.9 Å². The average molecular weight is 392 g/mol. The number of likely N-dealkylation sites (tertiary alicyclic amines) is 1. The first-order chi connectivity index (χ1) is 13.5. The number of carbonyl (C=O) groups is 2. The minimum absolute atomic E-state index is 0.00439. The molecule has 1 aromatic rings. The van der Waals surface area contributed by atoms with Crippen LogP contribution in [0.2, 0.25) is 0 Å². The van der Waals surface area contributed by atoms with Gasteiger partial charge < -0.3 is 20.3 Å². The summed E-state index contributed by atoms with van der Waals surface area (Å²) in [5, 5.41) is 5.90. The fraction of sp³-hybridized carbons (Fsp3) is 0.600. The number of rotatable bonds is 5. The van der Waals surface area contributed by atoms with Gasteiger partial charge in [0.1, 0.15) is 5.82 Å². The van der Waals surface area contributed by atoms with Crippen LogP contribution in [-0.2, 0) is 9.53 Å². The van der Waals surface area contributed by atoms with Crippen molar-refractivity contribution in [3.8, 4) is 0 Å². The Bertz CT molecular complexity index is 681. The second-order valence-electron chi connectivity index (χ2n) is 7.39. The van der Waals surface area contributed by atoms with Crippen molar-refractivity contribution >= 4 is 11.9 Å². The van der Waals surface area contributed by atoms with Crippen LogP contribution >= 0.6 is 0 Å². The Morgan fingerprint density at radius 2 is 2.07 bits per heavy atom. The topological polar surface area (TPSA) is 73.9 Å². The lowest BCUT2D eigenvalue weighted by molar-refractivity contribution is -0.119. The molecule has 0 aliphatic carbocycles. The summed E-state index contributed by atoms with van der Waals surface area (Å²) in [5.41, 5.74) is 0.844. The Kier molecular flexibility index (Phi) is 7.22. The monoisotopic (exact) mass is 392 g/mol. The summed E-state index contributed by atoms with van der Waals surface area (Å²) >= 11 is 0. The number of nitrogens with zero attached hydrogens (tertiary/aromatic N) is 2. The lowest BCUT2D eigenvalue weighted by atomic mass is 10.0. The van der Waals surface area contributed by atoms with Crippen LogP contribution in [0.3, 0.4) is 0 Å². The van der Waals surface area contributed by atoms with Gasteiger partial charge in [-0.25, -0.2) is 9.18 Å². The Morgan fingerprint density at radius 1 is 1.29 bits per heavy atom. The molecule has 0 aromatic heterocycles. The third-order valence-electron chi connectivity index (χ3n) is 5.28. The van der Waals surface area contributed by atoms with Gasteiger partial charge in [-0.05, 0) is 30.5 Å². The van der Waals surface area contributed by atoms with E-state index < -0.39 is 0 Å². The first kappa shape index (κ1) is 20.5. The maximum absolute atomic E-state index is 13.8. The summed E-state index contributed by atoms with van der Waals surface area (Å²) in [4.78, 5) is 27.9. The second kappa shape index (κ2) is 9.84. The van der Waals surface area contributed by atoms with Gasteiger partial charge in [0.25, 0.3) is 0 Å². The Balaban J connectivity index is 1.62. The predicted octanol–water partition coefficient (Wildman–Crippen LogP) is 1.51. The first-order valence-electron chi connectivity index (χ1n) is 9.90. The molecule has 2 aliphatic heterocycles. The molecule has 3 amide bonds. The quantitative estimate of drug-likeness (QED) is 0.797. The predicted molar refractivity (Wildman–Crippen MR) is 103 cm³/mol. The van der Waals surface area contributed by atoms with Gasteiger partial charge in [-0.3, -0.25) is 9.69 Å². The molecule has 2 fully saturated rings. The van der Waals surface area contributed by atoms with Crippen molar-refractivity contribution in [3.05, 3.63) is 35.6 Å². The molecule has 2 atom stereocenters. The third-order valence-corrected chi connectivity index (χ3v) is 5.28. The number of morpholine rings is 1. The molecule has 7 nitrogen and oxygen atoms in total. The number of nitrogens with one attached hydrogen (secondary N) is 2. The summed E-state index contributed by atoms with van der Waals surface area (Å²) in [7, 11) is 0. The highest BCUT2D eigenvalue weighted by Gasteiger charge is 2.27. The lowest BCUT2D eigenvalue weighted by Crippen LogP contribution is -2.53. The number of carbonyl (C=O) groups excluding carboxylic acids is 2. The molecular formula is C20H29FN4O3. The van der Waals surface area contributed by atoms with Gasteiger partial charge in [-0.15, -0.1) is 0 Å². The zero-order chi connectivity index (χ0) is 19.9. The minimum atomic E-state index is -0.281. The largest absolute Gasteiger partial charge is 0.379 e. The van der Waals surface area contributed by atoms with Gasteiger partial charge in [-0.1, -0.05) is 12.1 Å². The van der Waals surface area contributed by atoms with Crippen LogP contribution in [0.25, 0.3) is 0 Å². The van der Waals surface area contributed by atoms with Gasteiger partial charge in [0, 0.05) is 45.7 Å². The molecule has 1 aromatic carbocycles. The number of urea groups is 1. The highest BCUT2D eigenvalue weighted by molar-refractivity contribution is 5.75. The molecule has 28 heavy (non-hydrogen) atoms. The van der Waals surface area contributed by atoms with E-state index in [1.807, 2.05) is 6.07 Å². The lowest BCUT2D eigenvalue weighted by Gasteiger charge is -2.36. The van der Waals surface area contributed by atoms with E-state index in [1.54, 1.807) is 11.0 Å². The standard InChI is InChI=1S/C20H29FN4O3/c1-15(26)23-18-6-3-7-25(14-18)20(27)22-13-19(24-8-10-28-11-9-24)16-4-2-5-17(21)12-16/h2,4-5,12,18-19H,3,6-11,13-14H2,1H3,(H,22,27)(H,23,26). The molecule has 154 valence electrons. The van der Waals surface area contributed by atoms with Gasteiger partial charge in [0.15, 0.2) is 0 Å². The molecule has 0 saturated carbocycles. The molecule has 2 N–H and O–H groups in total. The molecule has 0 radical (unpaired) electrons. The zero-order valence-corrected chi connectivity index (χ0v) is 16.3. The van der Waals surface area contributed by atoms with E-state index in [0.29, 0.717) is 32.8 Å². The van der Waals surface area contributed by atoms with Crippen LogP contribution in [0.5, 0.6) is 0 Å². The van der Waals surface area contributed by atoms with Crippen molar-refractivity contribution < 1.29 is 18.7 Å². The fourth-order valence-corrected chi connectivity index (χ4v) is 3.92. The highest BCUT2D eigenvalue weighted by atomic mass is 19.1. The van der Waals surface area contributed by atoms with Gasteiger partial charge in [-0.2, -0.15) is 0 Å². The van der Waals surface area contributed by atoms with E-state index in [0.717, 1.165) is 31.5 Å². The van der Waals surface area contributed by atoms with E-state index in [4.69, 9.17) is 4.74 Å². The SMILES string of the molecule is CC(=O)NC1CCCN(C(=O)NCC(c2cccc(F)c2)N2CCOCC2)C1. The molecule has 2 saturated heterocycles. The van der Waals surface area contributed by atoms with Crippen molar-refractivity contribution in [1.29, 1.82) is 0 Å². The molecule has 2 unspecified atom stereocenters. The van der Waals surface area contributed by atoms with E-state index in [9.17, 15) is 14.0 Å². The first-order valence-corrected chi connectivity index (χ1v) is 9.90. The number of hydrogen-bond acceptors (Lipinski definition) is 4. The maximum atomic E-state index is 13.8. The van der Waals surface area contributed by atoms with Crippen LogP contribution in [0.15, 0.2) is 24.3 Å². The summed E-state index contributed by atoms with van der Waals surface area (Å²) < 4.78 is 19.2. The third kappa shape index (κ3) is 5.65. The van der Waals surface area contributed by atoms with Gasteiger partial charge in [0.2, 0.25) is 5.91 Å². The van der Waals surface area contributed by atoms with Crippen LogP contribution in [0.4, 0.5) is 9.18 Å². The Hall–Kier alpha value is -2.19. The number of benzene rings is 1. The van der Waals surface area contributed by atoms with Crippen LogP contribution in [0, 0.1) is 5.82 Å². The number of amides is 3. The Labute approximate surface area is 165 Å². The maximum Gasteiger partial charge on any atom is 0.317 e. The minimum Gasteiger partial charge on any atom is -0.379 e. The smallest absolute Gasteiger partial charge is 0.317 e. The van der Waals surface area contributed by atoms with E-state index in [2.05, 4.69) is 15.5 Å². The molecule has 3 rings (SSSR count). The van der Waals surface area contributed by atoms with Crippen molar-refractivity contribution in [2.45, 2.75) is 31.8 Å². The van der Waals surface area contributed by atoms with E-state index >= 15 is 0 Å². The summed E-state index contributed by atoms with van der Waals surface area (Å²) in [5.74, 6) is -0.359. The average Bonchev–Trinajstić information content (AvgIpc) is 2.68. The number of ether oxygens (including phenoxy) is 1. The van der Waals surface area contributed by atoms with Crippen molar-refractivity contribution in [1.82, 2.24) is 20.4 Å². The molecule has 2 heterocycles. The van der Waals surface area contributed by atoms with Gasteiger partial charge in [0.05, 0.1) is 19.3 Å². The summed E-state index contributed by atoms with van der Waals surface area (Å²) in [6.07, 6.45) is 1.73. The van der Waals surface area contributed by atoms with Gasteiger partial charge >= 0.3 is 6.03 Å². The number of halogens is 1. The van der Waals surface area contributed by atoms with Crippen LogP contribution in [0.1, 0.15) is 31.4 Å². The highest BCUT2D eigenvalue weighted by Crippen LogP contribution is 2.22. The number of hydrogen-bond donors (Lipinski definition) is 2. The summed E-state index contributed by atoms with van der Waals surface area (Å²) in [6.45, 7) is 5.80. The fourth-order valence-electron chi connectivity index (χ4n) is 3.92. The number of piperidine rings is 1. The normalized spacial score (nSPS) is 21.8. The molecular weight excluding hydrogens is 363 g/mol. The van der Waals surface area contributed by atoms with Crippen LogP contribution in [-0.4, -0.2) is 73.7 Å². The molecule has 0 bridgehead atoms. The molecule has 2 aliphatic rings. The van der Waals surface area contributed by atoms with Crippen molar-refractivity contribution in [2.24, 2.45) is 0 Å². The molecule has 8 heteroatoms. The summed E-state index contributed by atoms with van der Waals surface area (Å²) in [6, 6.07) is 6.28. The second-order valence-corrected chi connectivity index (χ2v) is 7.39. The molecule has 0 spiro atoms. The van der Waals surface area contributed by atoms with Crippen molar-refractivity contribution in [3.63, 3.8) is 0 Å². The van der Waals surface area contributed by atoms with E-state index in [1.165, 1.54) is 19.1 Å². The Morgan fingerprint density at radius 3 is 2.79 bits per heavy atom. The zero-order valence-electron chi connectivity index (χ0n) is 16.3.